The number of halogens is 1. The van der Waals surface area contributed by atoms with Gasteiger partial charge in [0, 0.05) is 4.47 Å². The first-order valence-electron chi connectivity index (χ1n) is 3.65. The first kappa shape index (κ1) is 10.1. The van der Waals surface area contributed by atoms with E-state index in [4.69, 9.17) is 4.74 Å². The molecule has 0 fully saturated rings. The third-order valence-electron chi connectivity index (χ3n) is 1.50. The second kappa shape index (κ2) is 4.28. The van der Waals surface area contributed by atoms with Gasteiger partial charge in [-0.25, -0.2) is 4.79 Å². The minimum Gasteiger partial charge on any atom is -0.437 e. The van der Waals surface area contributed by atoms with Crippen molar-refractivity contribution >= 4 is 22.1 Å². The summed E-state index contributed by atoms with van der Waals surface area (Å²) in [6, 6.07) is 5.36. The van der Waals surface area contributed by atoms with Crippen LogP contribution in [0.2, 0.25) is 0 Å². The summed E-state index contributed by atoms with van der Waals surface area (Å²) in [5, 5.41) is 0. The molecule has 0 bridgehead atoms. The first-order chi connectivity index (χ1) is 6.13. The van der Waals surface area contributed by atoms with Crippen molar-refractivity contribution in [2.45, 2.75) is 6.92 Å². The van der Waals surface area contributed by atoms with E-state index < -0.39 is 6.16 Å². The molecule has 0 aliphatic heterocycles. The molecule has 1 aromatic carbocycles. The fourth-order valence-electron chi connectivity index (χ4n) is 0.859. The molecule has 0 amide bonds. The van der Waals surface area contributed by atoms with Gasteiger partial charge in [0.1, 0.15) is 5.75 Å². The Bertz CT molecular complexity index is 323. The average molecular weight is 245 g/mol. The fourth-order valence-corrected chi connectivity index (χ4v) is 1.33. The zero-order valence-electron chi connectivity index (χ0n) is 7.33. The molecule has 0 heterocycles. The van der Waals surface area contributed by atoms with Gasteiger partial charge in [-0.05, 0) is 30.7 Å². The van der Waals surface area contributed by atoms with Gasteiger partial charge in [-0.2, -0.15) is 0 Å². The number of rotatable bonds is 1. The number of hydrogen-bond donors (Lipinski definition) is 0. The third kappa shape index (κ3) is 2.73. The Kier molecular flexibility index (Phi) is 3.31. The highest BCUT2D eigenvalue weighted by molar-refractivity contribution is 9.10. The van der Waals surface area contributed by atoms with Gasteiger partial charge in [0.2, 0.25) is 0 Å². The lowest BCUT2D eigenvalue weighted by atomic mass is 10.2. The summed E-state index contributed by atoms with van der Waals surface area (Å²) in [7, 11) is 1.27. The Balaban J connectivity index is 2.83. The largest absolute Gasteiger partial charge is 0.513 e. The van der Waals surface area contributed by atoms with Crippen molar-refractivity contribution in [2.24, 2.45) is 0 Å². The molecule has 0 saturated heterocycles. The van der Waals surface area contributed by atoms with E-state index in [1.807, 2.05) is 13.0 Å². The zero-order valence-corrected chi connectivity index (χ0v) is 8.92. The number of aryl methyl sites for hydroxylation is 1. The van der Waals surface area contributed by atoms with Crippen LogP contribution in [0.25, 0.3) is 0 Å². The number of carbonyl (C=O) groups excluding carboxylic acids is 1. The highest BCUT2D eigenvalue weighted by Crippen LogP contribution is 2.22. The van der Waals surface area contributed by atoms with Crippen molar-refractivity contribution in [1.82, 2.24) is 0 Å². The molecule has 0 N–H and O–H groups in total. The number of ether oxygens (including phenoxy) is 2. The Morgan fingerprint density at radius 2 is 2.15 bits per heavy atom. The van der Waals surface area contributed by atoms with Crippen LogP contribution in [-0.4, -0.2) is 13.3 Å². The lowest BCUT2D eigenvalue weighted by molar-refractivity contribution is 0.121. The second-order valence-electron chi connectivity index (χ2n) is 2.47. The standard InChI is InChI=1S/C9H9BrO3/c1-6-5-7(10)3-4-8(6)13-9(11)12-2/h3-5H,1-2H3. The molecule has 0 spiro atoms. The van der Waals surface area contributed by atoms with Crippen LogP contribution in [0.1, 0.15) is 5.56 Å². The van der Waals surface area contributed by atoms with E-state index in [0.717, 1.165) is 10.0 Å². The second-order valence-corrected chi connectivity index (χ2v) is 3.38. The van der Waals surface area contributed by atoms with Crippen LogP contribution in [0.4, 0.5) is 4.79 Å². The molecule has 0 saturated carbocycles. The molecular formula is C9H9BrO3. The van der Waals surface area contributed by atoms with Crippen molar-refractivity contribution in [3.8, 4) is 5.75 Å². The van der Waals surface area contributed by atoms with Gasteiger partial charge < -0.3 is 9.47 Å². The average Bonchev–Trinajstić information content (AvgIpc) is 2.09. The molecule has 1 rings (SSSR count). The van der Waals surface area contributed by atoms with Gasteiger partial charge in [-0.1, -0.05) is 15.9 Å². The molecule has 0 radical (unpaired) electrons. The molecule has 70 valence electrons. The summed E-state index contributed by atoms with van der Waals surface area (Å²) in [5.41, 5.74) is 0.875. The summed E-state index contributed by atoms with van der Waals surface area (Å²) in [5.74, 6) is 0.509. The molecule has 0 atom stereocenters. The molecule has 1 aromatic rings. The zero-order chi connectivity index (χ0) is 9.84. The highest BCUT2D eigenvalue weighted by atomic mass is 79.9. The summed E-state index contributed by atoms with van der Waals surface area (Å²) < 4.78 is 10.2. The molecule has 4 heteroatoms. The van der Waals surface area contributed by atoms with Crippen LogP contribution in [-0.2, 0) is 4.74 Å². The molecule has 0 aliphatic rings. The lowest BCUT2D eigenvalue weighted by Crippen LogP contribution is -2.07. The van der Waals surface area contributed by atoms with Crippen LogP contribution in [0.3, 0.4) is 0 Å². The number of hydrogen-bond acceptors (Lipinski definition) is 3. The maximum absolute atomic E-state index is 10.8. The summed E-state index contributed by atoms with van der Waals surface area (Å²) in [6.07, 6.45) is -0.703. The highest BCUT2D eigenvalue weighted by Gasteiger charge is 2.05. The van der Waals surface area contributed by atoms with E-state index in [9.17, 15) is 4.79 Å². The fraction of sp³-hybridized carbons (Fsp3) is 0.222. The Morgan fingerprint density at radius 3 is 2.69 bits per heavy atom. The van der Waals surface area contributed by atoms with Gasteiger partial charge >= 0.3 is 6.16 Å². The minimum atomic E-state index is -0.703. The van der Waals surface area contributed by atoms with Gasteiger partial charge in [0.25, 0.3) is 0 Å². The van der Waals surface area contributed by atoms with E-state index in [-0.39, 0.29) is 0 Å². The predicted molar refractivity (Wildman–Crippen MR) is 51.9 cm³/mol. The Labute approximate surface area is 84.8 Å². The first-order valence-corrected chi connectivity index (χ1v) is 4.44. The van der Waals surface area contributed by atoms with E-state index in [1.165, 1.54) is 7.11 Å². The summed E-state index contributed by atoms with van der Waals surface area (Å²) in [4.78, 5) is 10.8. The van der Waals surface area contributed by atoms with E-state index >= 15 is 0 Å². The van der Waals surface area contributed by atoms with Crippen LogP contribution >= 0.6 is 15.9 Å². The third-order valence-corrected chi connectivity index (χ3v) is 1.99. The Hall–Kier alpha value is -1.03. The predicted octanol–water partition coefficient (Wildman–Crippen LogP) is 2.90. The quantitative estimate of drug-likeness (QED) is 0.563. The normalized spacial score (nSPS) is 9.46. The monoisotopic (exact) mass is 244 g/mol. The number of methoxy groups -OCH3 is 1. The number of benzene rings is 1. The van der Waals surface area contributed by atoms with Crippen LogP contribution in [0.5, 0.6) is 5.75 Å². The van der Waals surface area contributed by atoms with Crippen molar-refractivity contribution in [3.63, 3.8) is 0 Å². The molecule has 3 nitrogen and oxygen atoms in total. The smallest absolute Gasteiger partial charge is 0.437 e. The Morgan fingerprint density at radius 1 is 1.46 bits per heavy atom. The minimum absolute atomic E-state index is 0.509. The van der Waals surface area contributed by atoms with Crippen molar-refractivity contribution < 1.29 is 14.3 Å². The maximum atomic E-state index is 10.8. The van der Waals surface area contributed by atoms with Crippen LogP contribution < -0.4 is 4.74 Å². The van der Waals surface area contributed by atoms with E-state index in [1.54, 1.807) is 12.1 Å². The van der Waals surface area contributed by atoms with Gasteiger partial charge in [-0.3, -0.25) is 0 Å². The topological polar surface area (TPSA) is 35.5 Å². The summed E-state index contributed by atoms with van der Waals surface area (Å²) >= 11 is 3.31. The van der Waals surface area contributed by atoms with Gasteiger partial charge in [-0.15, -0.1) is 0 Å². The SMILES string of the molecule is COC(=O)Oc1ccc(Br)cc1C. The van der Waals surface area contributed by atoms with Crippen molar-refractivity contribution in [1.29, 1.82) is 0 Å². The molecular weight excluding hydrogens is 236 g/mol. The van der Waals surface area contributed by atoms with Crippen LogP contribution in [0, 0.1) is 6.92 Å². The summed E-state index contributed by atoms with van der Waals surface area (Å²) in [6.45, 7) is 1.85. The van der Waals surface area contributed by atoms with E-state index in [0.29, 0.717) is 5.75 Å². The molecule has 0 aromatic heterocycles. The van der Waals surface area contributed by atoms with Crippen molar-refractivity contribution in [3.05, 3.63) is 28.2 Å². The number of carbonyl (C=O) groups is 1. The van der Waals surface area contributed by atoms with Gasteiger partial charge in [0.15, 0.2) is 0 Å². The molecule has 0 unspecified atom stereocenters. The van der Waals surface area contributed by atoms with E-state index in [2.05, 4.69) is 20.7 Å². The van der Waals surface area contributed by atoms with Crippen LogP contribution in [0.15, 0.2) is 22.7 Å². The lowest BCUT2D eigenvalue weighted by Gasteiger charge is -2.05. The van der Waals surface area contributed by atoms with Gasteiger partial charge in [0.05, 0.1) is 7.11 Å². The van der Waals surface area contributed by atoms with Crippen molar-refractivity contribution in [2.75, 3.05) is 7.11 Å². The molecule has 0 aliphatic carbocycles. The maximum Gasteiger partial charge on any atom is 0.513 e. The molecule has 13 heavy (non-hydrogen) atoms.